The van der Waals surface area contributed by atoms with E-state index in [9.17, 15) is 4.79 Å². The molecular weight excluding hydrogens is 326 g/mol. The summed E-state index contributed by atoms with van der Waals surface area (Å²) in [4.78, 5) is 12.6. The van der Waals surface area contributed by atoms with Crippen LogP contribution in [-0.2, 0) is 18.3 Å². The minimum absolute atomic E-state index is 0.0991. The Morgan fingerprint density at radius 2 is 1.88 bits per heavy atom. The Bertz CT molecular complexity index is 1000. The van der Waals surface area contributed by atoms with Gasteiger partial charge in [0.2, 0.25) is 5.91 Å². The van der Waals surface area contributed by atoms with E-state index in [2.05, 4.69) is 10.4 Å². The van der Waals surface area contributed by atoms with Gasteiger partial charge in [0.25, 0.3) is 0 Å². The average molecular weight is 345 g/mol. The Labute approximate surface area is 151 Å². The normalized spacial score (nSPS) is 12.2. The van der Waals surface area contributed by atoms with Gasteiger partial charge in [0.1, 0.15) is 17.4 Å². The highest BCUT2D eigenvalue weighted by Gasteiger charge is 2.21. The van der Waals surface area contributed by atoms with Crippen molar-refractivity contribution in [3.63, 3.8) is 0 Å². The molecule has 0 aliphatic carbocycles. The van der Waals surface area contributed by atoms with Crippen LogP contribution in [0.3, 0.4) is 0 Å². The van der Waals surface area contributed by atoms with Crippen LogP contribution in [0.4, 0.5) is 0 Å². The van der Waals surface area contributed by atoms with E-state index in [4.69, 9.17) is 4.42 Å². The first-order valence-corrected chi connectivity index (χ1v) is 8.50. The molecule has 0 saturated heterocycles. The van der Waals surface area contributed by atoms with Crippen LogP contribution in [0.1, 0.15) is 23.1 Å². The summed E-state index contributed by atoms with van der Waals surface area (Å²) in [5.41, 5.74) is 2.52. The summed E-state index contributed by atoms with van der Waals surface area (Å²) in [7, 11) is 1.84. The third kappa shape index (κ3) is 3.37. The number of furan rings is 1. The molecule has 1 amide bonds. The van der Waals surface area contributed by atoms with Gasteiger partial charge in [-0.3, -0.25) is 9.48 Å². The number of aromatic nitrogens is 2. The lowest BCUT2D eigenvalue weighted by atomic mass is 10.0. The number of nitrogens with one attached hydrogen (secondary N) is 1. The number of carbonyl (C=O) groups is 1. The highest BCUT2D eigenvalue weighted by Crippen LogP contribution is 2.28. The minimum atomic E-state index is -0.347. The molecule has 0 aliphatic rings. The van der Waals surface area contributed by atoms with E-state index in [1.165, 1.54) is 0 Å². The van der Waals surface area contributed by atoms with Crippen molar-refractivity contribution in [2.24, 2.45) is 7.05 Å². The molecule has 1 N–H and O–H groups in total. The van der Waals surface area contributed by atoms with E-state index in [-0.39, 0.29) is 18.4 Å². The van der Waals surface area contributed by atoms with E-state index < -0.39 is 0 Å². The molecule has 5 heteroatoms. The minimum Gasteiger partial charge on any atom is -0.459 e. The van der Waals surface area contributed by atoms with Crippen molar-refractivity contribution >= 4 is 16.9 Å². The summed E-state index contributed by atoms with van der Waals surface area (Å²) in [6.45, 7) is 0. The number of aryl methyl sites for hydroxylation is 1. The molecule has 2 aromatic heterocycles. The molecule has 26 heavy (non-hydrogen) atoms. The van der Waals surface area contributed by atoms with E-state index in [1.807, 2.05) is 80.0 Å². The number of carbonyl (C=O) groups excluding carboxylic acids is 1. The van der Waals surface area contributed by atoms with Gasteiger partial charge in [-0.25, -0.2) is 0 Å². The first kappa shape index (κ1) is 16.1. The fourth-order valence-corrected chi connectivity index (χ4v) is 3.04. The Morgan fingerprint density at radius 1 is 1.12 bits per heavy atom. The van der Waals surface area contributed by atoms with Crippen LogP contribution in [0.5, 0.6) is 0 Å². The second kappa shape index (κ2) is 6.88. The van der Waals surface area contributed by atoms with Gasteiger partial charge in [0, 0.05) is 18.6 Å². The van der Waals surface area contributed by atoms with Crippen molar-refractivity contribution in [3.8, 4) is 0 Å². The smallest absolute Gasteiger partial charge is 0.226 e. The first-order valence-electron chi connectivity index (χ1n) is 8.50. The number of benzene rings is 2. The van der Waals surface area contributed by atoms with Crippen molar-refractivity contribution in [2.75, 3.05) is 0 Å². The quantitative estimate of drug-likeness (QED) is 0.601. The summed E-state index contributed by atoms with van der Waals surface area (Å²) >= 11 is 0. The molecule has 4 rings (SSSR count). The Balaban J connectivity index is 1.63. The van der Waals surface area contributed by atoms with Gasteiger partial charge >= 0.3 is 0 Å². The van der Waals surface area contributed by atoms with E-state index in [0.717, 1.165) is 22.2 Å². The Kier molecular flexibility index (Phi) is 4.27. The van der Waals surface area contributed by atoms with Crippen LogP contribution in [0.15, 0.2) is 77.3 Å². The Morgan fingerprint density at radius 3 is 2.62 bits per heavy atom. The van der Waals surface area contributed by atoms with Crippen molar-refractivity contribution in [1.82, 2.24) is 15.1 Å². The molecule has 4 aromatic rings. The topological polar surface area (TPSA) is 60.1 Å². The van der Waals surface area contributed by atoms with Crippen molar-refractivity contribution in [3.05, 3.63) is 89.9 Å². The fourth-order valence-electron chi connectivity index (χ4n) is 3.04. The van der Waals surface area contributed by atoms with Gasteiger partial charge in [-0.2, -0.15) is 5.10 Å². The lowest BCUT2D eigenvalue weighted by molar-refractivity contribution is -0.121. The number of hydrogen-bond acceptors (Lipinski definition) is 3. The van der Waals surface area contributed by atoms with Gasteiger partial charge in [0.05, 0.1) is 12.1 Å². The SMILES string of the molecule is Cn1ccc(CC(=O)N[C@@H](c2ccccc2)c2cc3ccccc3o2)n1. The van der Waals surface area contributed by atoms with E-state index in [0.29, 0.717) is 5.76 Å². The van der Waals surface area contributed by atoms with Crippen LogP contribution in [0.2, 0.25) is 0 Å². The molecule has 0 radical (unpaired) electrons. The lowest BCUT2D eigenvalue weighted by Crippen LogP contribution is -2.30. The molecule has 0 aliphatic heterocycles. The van der Waals surface area contributed by atoms with Crippen LogP contribution >= 0.6 is 0 Å². The zero-order chi connectivity index (χ0) is 17.9. The molecule has 5 nitrogen and oxygen atoms in total. The van der Waals surface area contributed by atoms with Gasteiger partial charge < -0.3 is 9.73 Å². The van der Waals surface area contributed by atoms with Gasteiger partial charge in [-0.1, -0.05) is 48.5 Å². The molecule has 2 aromatic carbocycles. The monoisotopic (exact) mass is 345 g/mol. The maximum atomic E-state index is 12.6. The molecule has 0 saturated carbocycles. The maximum Gasteiger partial charge on any atom is 0.226 e. The van der Waals surface area contributed by atoms with Crippen molar-refractivity contribution < 1.29 is 9.21 Å². The number of fused-ring (bicyclic) bond motifs is 1. The number of rotatable bonds is 5. The lowest BCUT2D eigenvalue weighted by Gasteiger charge is -2.17. The zero-order valence-electron chi connectivity index (χ0n) is 14.4. The second-order valence-corrected chi connectivity index (χ2v) is 6.26. The number of amides is 1. The highest BCUT2D eigenvalue weighted by atomic mass is 16.3. The second-order valence-electron chi connectivity index (χ2n) is 6.26. The maximum absolute atomic E-state index is 12.6. The highest BCUT2D eigenvalue weighted by molar-refractivity contribution is 5.80. The van der Waals surface area contributed by atoms with Crippen LogP contribution in [0, 0.1) is 0 Å². The predicted molar refractivity (Wildman–Crippen MR) is 99.6 cm³/mol. The third-order valence-electron chi connectivity index (χ3n) is 4.28. The third-order valence-corrected chi connectivity index (χ3v) is 4.28. The van der Waals surface area contributed by atoms with E-state index >= 15 is 0 Å². The van der Waals surface area contributed by atoms with Crippen LogP contribution in [0.25, 0.3) is 11.0 Å². The summed E-state index contributed by atoms with van der Waals surface area (Å²) in [6.07, 6.45) is 2.06. The first-order chi connectivity index (χ1) is 12.7. The average Bonchev–Trinajstić information content (AvgIpc) is 3.26. The number of para-hydroxylation sites is 1. The molecule has 130 valence electrons. The van der Waals surface area contributed by atoms with E-state index in [1.54, 1.807) is 4.68 Å². The molecule has 0 unspecified atom stereocenters. The van der Waals surface area contributed by atoms with Gasteiger partial charge in [-0.05, 0) is 23.8 Å². The van der Waals surface area contributed by atoms with Crippen molar-refractivity contribution in [1.29, 1.82) is 0 Å². The molecule has 2 heterocycles. The predicted octanol–water partition coefficient (Wildman–Crippen LogP) is 3.61. The molecular formula is C21H19N3O2. The zero-order valence-corrected chi connectivity index (χ0v) is 14.4. The van der Waals surface area contributed by atoms with Crippen LogP contribution < -0.4 is 5.32 Å². The molecule has 0 fully saturated rings. The fraction of sp³-hybridized carbons (Fsp3) is 0.143. The summed E-state index contributed by atoms with van der Waals surface area (Å²) in [6, 6.07) is 21.1. The van der Waals surface area contributed by atoms with Crippen molar-refractivity contribution in [2.45, 2.75) is 12.5 Å². The summed E-state index contributed by atoms with van der Waals surface area (Å²) < 4.78 is 7.70. The summed E-state index contributed by atoms with van der Waals surface area (Å²) in [5.74, 6) is 0.616. The largest absolute Gasteiger partial charge is 0.459 e. The Hall–Kier alpha value is -3.34. The van der Waals surface area contributed by atoms with Gasteiger partial charge in [0.15, 0.2) is 0 Å². The standard InChI is InChI=1S/C21H19N3O2/c1-24-12-11-17(23-24)14-20(25)22-21(15-7-3-2-4-8-15)19-13-16-9-5-6-10-18(16)26-19/h2-13,21H,14H2,1H3,(H,22,25)/t21-/m0/s1. The molecule has 0 spiro atoms. The van der Waals surface area contributed by atoms with Gasteiger partial charge in [-0.15, -0.1) is 0 Å². The molecule has 0 bridgehead atoms. The summed E-state index contributed by atoms with van der Waals surface area (Å²) in [5, 5.41) is 8.37. The molecule has 1 atom stereocenters. The number of hydrogen-bond donors (Lipinski definition) is 1. The number of nitrogens with zero attached hydrogens (tertiary/aromatic N) is 2. The van der Waals surface area contributed by atoms with Crippen LogP contribution in [-0.4, -0.2) is 15.7 Å².